The van der Waals surface area contributed by atoms with Crippen LogP contribution in [0.1, 0.15) is 30.0 Å². The van der Waals surface area contributed by atoms with E-state index in [1.165, 1.54) is 5.52 Å². The SMILES string of the molecule is Cc1c(N)cccc1-c1cn(C2CCOCC2)c2ccc(C#N)cc12. The third kappa shape index (κ3) is 2.67. The molecule has 25 heavy (non-hydrogen) atoms. The third-order valence-electron chi connectivity index (χ3n) is 5.21. The molecule has 4 rings (SSSR count). The summed E-state index contributed by atoms with van der Waals surface area (Å²) in [5.41, 5.74) is 12.1. The molecule has 4 nitrogen and oxygen atoms in total. The van der Waals surface area contributed by atoms with Gasteiger partial charge in [0.05, 0.1) is 11.6 Å². The van der Waals surface area contributed by atoms with Gasteiger partial charge in [-0.3, -0.25) is 0 Å². The van der Waals surface area contributed by atoms with Crippen molar-refractivity contribution in [3.63, 3.8) is 0 Å². The van der Waals surface area contributed by atoms with Crippen LogP contribution < -0.4 is 5.73 Å². The Kier molecular flexibility index (Phi) is 3.95. The number of nitrogen functional groups attached to an aromatic ring is 1. The van der Waals surface area contributed by atoms with Gasteiger partial charge in [0.1, 0.15) is 0 Å². The minimum Gasteiger partial charge on any atom is -0.398 e. The van der Waals surface area contributed by atoms with Gasteiger partial charge in [0, 0.05) is 47.6 Å². The standard InChI is InChI=1S/C21H21N3O/c1-14-17(3-2-4-20(14)23)19-13-24(16-7-9-25-10-8-16)21-6-5-15(12-22)11-18(19)21/h2-6,11,13,16H,7-10,23H2,1H3. The Labute approximate surface area is 147 Å². The largest absolute Gasteiger partial charge is 0.398 e. The van der Waals surface area contributed by atoms with Crippen LogP contribution >= 0.6 is 0 Å². The van der Waals surface area contributed by atoms with Crippen LogP contribution in [-0.4, -0.2) is 17.8 Å². The molecule has 2 aromatic carbocycles. The van der Waals surface area contributed by atoms with Crippen molar-refractivity contribution in [3.8, 4) is 17.2 Å². The first-order valence-corrected chi connectivity index (χ1v) is 8.67. The zero-order chi connectivity index (χ0) is 17.4. The molecule has 3 aromatic rings. The summed E-state index contributed by atoms with van der Waals surface area (Å²) in [7, 11) is 0. The number of hydrogen-bond acceptors (Lipinski definition) is 3. The van der Waals surface area contributed by atoms with Crippen molar-refractivity contribution in [2.24, 2.45) is 0 Å². The van der Waals surface area contributed by atoms with Crippen molar-refractivity contribution in [1.82, 2.24) is 4.57 Å². The lowest BCUT2D eigenvalue weighted by molar-refractivity contribution is 0.0707. The molecule has 0 radical (unpaired) electrons. The molecule has 4 heteroatoms. The van der Waals surface area contributed by atoms with E-state index in [0.29, 0.717) is 11.6 Å². The van der Waals surface area contributed by atoms with Gasteiger partial charge in [-0.1, -0.05) is 12.1 Å². The van der Waals surface area contributed by atoms with Crippen LogP contribution in [0.2, 0.25) is 0 Å². The molecule has 0 unspecified atom stereocenters. The number of nitriles is 1. The van der Waals surface area contributed by atoms with Gasteiger partial charge in [0.25, 0.3) is 0 Å². The van der Waals surface area contributed by atoms with E-state index < -0.39 is 0 Å². The predicted octanol–water partition coefficient (Wildman–Crippen LogP) is 4.42. The van der Waals surface area contributed by atoms with Crippen molar-refractivity contribution < 1.29 is 4.74 Å². The summed E-state index contributed by atoms with van der Waals surface area (Å²) in [4.78, 5) is 0. The second kappa shape index (κ2) is 6.27. The lowest BCUT2D eigenvalue weighted by Gasteiger charge is -2.24. The van der Waals surface area contributed by atoms with Crippen LogP contribution in [0.25, 0.3) is 22.0 Å². The normalized spacial score (nSPS) is 15.4. The molecule has 2 N–H and O–H groups in total. The van der Waals surface area contributed by atoms with E-state index in [-0.39, 0.29) is 0 Å². The van der Waals surface area contributed by atoms with Gasteiger partial charge in [0.15, 0.2) is 0 Å². The van der Waals surface area contributed by atoms with E-state index in [9.17, 15) is 5.26 Å². The zero-order valence-corrected chi connectivity index (χ0v) is 14.3. The highest BCUT2D eigenvalue weighted by atomic mass is 16.5. The van der Waals surface area contributed by atoms with Crippen molar-refractivity contribution in [3.05, 3.63) is 53.7 Å². The van der Waals surface area contributed by atoms with Crippen LogP contribution in [0.5, 0.6) is 0 Å². The number of fused-ring (bicyclic) bond motifs is 1. The zero-order valence-electron chi connectivity index (χ0n) is 14.3. The van der Waals surface area contributed by atoms with Gasteiger partial charge < -0.3 is 15.0 Å². The molecule has 1 saturated heterocycles. The molecule has 1 aliphatic heterocycles. The molecule has 126 valence electrons. The summed E-state index contributed by atoms with van der Waals surface area (Å²) in [6.45, 7) is 3.65. The Hall–Kier alpha value is -2.77. The van der Waals surface area contributed by atoms with Crippen LogP contribution in [0.15, 0.2) is 42.6 Å². The Bertz CT molecular complexity index is 975. The molecule has 0 aliphatic carbocycles. The van der Waals surface area contributed by atoms with Gasteiger partial charge in [-0.15, -0.1) is 0 Å². The average Bonchev–Trinajstić information content (AvgIpc) is 3.03. The predicted molar refractivity (Wildman–Crippen MR) is 100 cm³/mol. The number of aromatic nitrogens is 1. The maximum atomic E-state index is 9.32. The van der Waals surface area contributed by atoms with Gasteiger partial charge >= 0.3 is 0 Å². The fraction of sp³-hybridized carbons (Fsp3) is 0.286. The van der Waals surface area contributed by atoms with E-state index in [1.807, 2.05) is 24.3 Å². The second-order valence-corrected chi connectivity index (χ2v) is 6.66. The number of ether oxygens (including phenoxy) is 1. The van der Waals surface area contributed by atoms with Crippen LogP contribution in [0.3, 0.4) is 0 Å². The molecular weight excluding hydrogens is 310 g/mol. The number of hydrogen-bond donors (Lipinski definition) is 1. The highest BCUT2D eigenvalue weighted by Gasteiger charge is 2.20. The molecule has 1 fully saturated rings. The molecule has 0 amide bonds. The highest BCUT2D eigenvalue weighted by Crippen LogP contribution is 2.37. The van der Waals surface area contributed by atoms with Gasteiger partial charge in [-0.05, 0) is 55.2 Å². The third-order valence-corrected chi connectivity index (χ3v) is 5.21. The summed E-state index contributed by atoms with van der Waals surface area (Å²) >= 11 is 0. The monoisotopic (exact) mass is 331 g/mol. The summed E-state index contributed by atoms with van der Waals surface area (Å²) in [5, 5.41) is 10.4. The minimum absolute atomic E-state index is 0.430. The molecule has 1 aliphatic rings. The maximum Gasteiger partial charge on any atom is 0.0991 e. The molecule has 2 heterocycles. The molecular formula is C21H21N3O. The number of nitrogens with two attached hydrogens (primary N) is 1. The molecule has 0 saturated carbocycles. The first kappa shape index (κ1) is 15.7. The van der Waals surface area contributed by atoms with E-state index in [1.54, 1.807) is 0 Å². The van der Waals surface area contributed by atoms with Crippen molar-refractivity contribution >= 4 is 16.6 Å². The van der Waals surface area contributed by atoms with Crippen LogP contribution in [0.4, 0.5) is 5.69 Å². The first-order valence-electron chi connectivity index (χ1n) is 8.67. The highest BCUT2D eigenvalue weighted by molar-refractivity contribution is 5.98. The maximum absolute atomic E-state index is 9.32. The number of anilines is 1. The van der Waals surface area contributed by atoms with E-state index in [0.717, 1.165) is 53.8 Å². The molecule has 0 atom stereocenters. The Morgan fingerprint density at radius 3 is 2.72 bits per heavy atom. The van der Waals surface area contributed by atoms with Gasteiger partial charge in [0.2, 0.25) is 0 Å². The summed E-state index contributed by atoms with van der Waals surface area (Å²) in [6, 6.07) is 14.7. The van der Waals surface area contributed by atoms with Gasteiger partial charge in [-0.2, -0.15) is 5.26 Å². The quantitative estimate of drug-likeness (QED) is 0.707. The Balaban J connectivity index is 1.96. The number of rotatable bonds is 2. The topological polar surface area (TPSA) is 64.0 Å². The van der Waals surface area contributed by atoms with Crippen molar-refractivity contribution in [1.29, 1.82) is 5.26 Å². The van der Waals surface area contributed by atoms with Crippen LogP contribution in [0, 0.1) is 18.3 Å². The number of benzene rings is 2. The smallest absolute Gasteiger partial charge is 0.0991 e. The fourth-order valence-electron chi connectivity index (χ4n) is 3.75. The molecule has 0 bridgehead atoms. The van der Waals surface area contributed by atoms with Gasteiger partial charge in [-0.25, -0.2) is 0 Å². The minimum atomic E-state index is 0.430. The van der Waals surface area contributed by atoms with Crippen molar-refractivity contribution in [2.75, 3.05) is 18.9 Å². The second-order valence-electron chi connectivity index (χ2n) is 6.66. The summed E-state index contributed by atoms with van der Waals surface area (Å²) < 4.78 is 7.88. The lowest BCUT2D eigenvalue weighted by Crippen LogP contribution is -2.18. The van der Waals surface area contributed by atoms with E-state index >= 15 is 0 Å². The molecule has 1 aromatic heterocycles. The van der Waals surface area contributed by atoms with Crippen molar-refractivity contribution in [2.45, 2.75) is 25.8 Å². The Morgan fingerprint density at radius 1 is 1.16 bits per heavy atom. The van der Waals surface area contributed by atoms with Crippen LogP contribution in [-0.2, 0) is 4.74 Å². The average molecular weight is 331 g/mol. The van der Waals surface area contributed by atoms with E-state index in [4.69, 9.17) is 10.5 Å². The summed E-state index contributed by atoms with van der Waals surface area (Å²) in [6.07, 6.45) is 4.25. The first-order chi connectivity index (χ1) is 12.2. The lowest BCUT2D eigenvalue weighted by atomic mass is 9.98. The molecule has 0 spiro atoms. The van der Waals surface area contributed by atoms with E-state index in [2.05, 4.69) is 35.9 Å². The summed E-state index contributed by atoms with van der Waals surface area (Å²) in [5.74, 6) is 0. The number of nitrogens with zero attached hydrogens (tertiary/aromatic N) is 2. The Morgan fingerprint density at radius 2 is 1.96 bits per heavy atom. The fourth-order valence-corrected chi connectivity index (χ4v) is 3.75.